The summed E-state index contributed by atoms with van der Waals surface area (Å²) in [5, 5.41) is 0. The number of piperazine rings is 1. The topological polar surface area (TPSA) is 49.9 Å². The van der Waals surface area contributed by atoms with Crippen LogP contribution in [0.5, 0.6) is 5.75 Å². The van der Waals surface area contributed by atoms with Crippen molar-refractivity contribution in [1.82, 2.24) is 9.80 Å². The average molecular weight is 332 g/mol. The van der Waals surface area contributed by atoms with E-state index >= 15 is 0 Å². The molecule has 1 spiro atoms. The van der Waals surface area contributed by atoms with Gasteiger partial charge in [0.15, 0.2) is 0 Å². The van der Waals surface area contributed by atoms with Crippen LogP contribution in [0.1, 0.15) is 25.3 Å². The number of carbonyl (C=O) groups excluding carboxylic acids is 2. The number of amides is 2. The third kappa shape index (κ3) is 2.12. The molecule has 0 radical (unpaired) electrons. The minimum absolute atomic E-state index is 0.0149. The molecule has 2 amide bonds. The minimum atomic E-state index is -0.430. The fourth-order valence-electron chi connectivity index (χ4n) is 4.21. The normalized spacial score (nSPS) is 31.7. The predicted molar refractivity (Wildman–Crippen MR) is 85.1 cm³/mol. The monoisotopic (exact) mass is 332 g/mol. The number of ether oxygens (including phenoxy) is 1. The number of halogens is 1. The Hall–Kier alpha value is -2.11. The standard InChI is InChI=1S/C18H21FN2O3/c1-11-16(22)20(2)6-7-21(11)17(23)14-10-18(14)5-8-24-15-4-3-12(19)9-13(15)18/h3-4,9,11,14H,5-8,10H2,1-2H3/t11?,14-,18-/m1/s1. The molecule has 2 aliphatic heterocycles. The molecule has 1 aromatic carbocycles. The Morgan fingerprint density at radius 3 is 2.96 bits per heavy atom. The second-order valence-electron chi connectivity index (χ2n) is 7.12. The van der Waals surface area contributed by atoms with Crippen molar-refractivity contribution < 1.29 is 18.7 Å². The fraction of sp³-hybridized carbons (Fsp3) is 0.556. The largest absolute Gasteiger partial charge is 0.493 e. The first-order valence-corrected chi connectivity index (χ1v) is 8.42. The molecule has 1 aromatic rings. The van der Waals surface area contributed by atoms with E-state index in [2.05, 4.69) is 0 Å². The zero-order valence-corrected chi connectivity index (χ0v) is 13.9. The second-order valence-corrected chi connectivity index (χ2v) is 7.12. The third-order valence-corrected chi connectivity index (χ3v) is 5.82. The van der Waals surface area contributed by atoms with E-state index in [1.165, 1.54) is 12.1 Å². The van der Waals surface area contributed by atoms with Gasteiger partial charge in [-0.3, -0.25) is 9.59 Å². The van der Waals surface area contributed by atoms with Crippen LogP contribution in [0, 0.1) is 11.7 Å². The molecule has 4 rings (SSSR count). The molecule has 1 saturated carbocycles. The van der Waals surface area contributed by atoms with E-state index in [1.807, 2.05) is 0 Å². The quantitative estimate of drug-likeness (QED) is 0.784. The number of carbonyl (C=O) groups is 2. The summed E-state index contributed by atoms with van der Waals surface area (Å²) < 4.78 is 19.3. The van der Waals surface area contributed by atoms with Crippen LogP contribution in [0.15, 0.2) is 18.2 Å². The first-order valence-electron chi connectivity index (χ1n) is 8.42. The lowest BCUT2D eigenvalue weighted by Gasteiger charge is -2.38. The lowest BCUT2D eigenvalue weighted by molar-refractivity contribution is -0.150. The van der Waals surface area contributed by atoms with Gasteiger partial charge in [0.05, 0.1) is 6.61 Å². The van der Waals surface area contributed by atoms with Gasteiger partial charge >= 0.3 is 0 Å². The Bertz CT molecular complexity index is 722. The number of rotatable bonds is 1. The summed E-state index contributed by atoms with van der Waals surface area (Å²) in [6, 6.07) is 4.10. The SMILES string of the molecule is CC1C(=O)N(C)CCN1C(=O)[C@H]1C[C@@]12CCOc1ccc(F)cc12. The number of benzene rings is 1. The molecule has 0 N–H and O–H groups in total. The highest BCUT2D eigenvalue weighted by Crippen LogP contribution is 2.61. The number of hydrogen-bond acceptors (Lipinski definition) is 3. The van der Waals surface area contributed by atoms with Crippen LogP contribution >= 0.6 is 0 Å². The number of nitrogens with zero attached hydrogens (tertiary/aromatic N) is 2. The molecule has 1 saturated heterocycles. The van der Waals surface area contributed by atoms with Crippen molar-refractivity contribution in [2.24, 2.45) is 5.92 Å². The van der Waals surface area contributed by atoms with Crippen LogP contribution in [-0.4, -0.2) is 54.4 Å². The van der Waals surface area contributed by atoms with Crippen molar-refractivity contribution in [3.05, 3.63) is 29.6 Å². The number of hydrogen-bond donors (Lipinski definition) is 0. The summed E-state index contributed by atoms with van der Waals surface area (Å²) in [7, 11) is 1.76. The number of likely N-dealkylation sites (N-methyl/N-ethyl adjacent to an activating group) is 1. The third-order valence-electron chi connectivity index (χ3n) is 5.82. The molecule has 0 bridgehead atoms. The van der Waals surface area contributed by atoms with Gasteiger partial charge in [-0.05, 0) is 38.0 Å². The maximum absolute atomic E-state index is 13.7. The lowest BCUT2D eigenvalue weighted by atomic mass is 9.87. The van der Waals surface area contributed by atoms with Gasteiger partial charge in [0.25, 0.3) is 0 Å². The Kier molecular flexibility index (Phi) is 3.34. The highest BCUT2D eigenvalue weighted by Gasteiger charge is 2.62. The Morgan fingerprint density at radius 1 is 1.38 bits per heavy atom. The Morgan fingerprint density at radius 2 is 2.17 bits per heavy atom. The van der Waals surface area contributed by atoms with E-state index in [1.54, 1.807) is 29.8 Å². The molecule has 3 atom stereocenters. The predicted octanol–water partition coefficient (Wildman–Crippen LogP) is 1.55. The molecule has 5 nitrogen and oxygen atoms in total. The summed E-state index contributed by atoms with van der Waals surface area (Å²) in [6.45, 7) is 3.44. The van der Waals surface area contributed by atoms with Gasteiger partial charge in [0, 0.05) is 37.0 Å². The van der Waals surface area contributed by atoms with E-state index in [4.69, 9.17) is 4.74 Å². The molecular weight excluding hydrogens is 311 g/mol. The summed E-state index contributed by atoms with van der Waals surface area (Å²) >= 11 is 0. The van der Waals surface area contributed by atoms with Gasteiger partial charge in [0.2, 0.25) is 11.8 Å². The molecule has 0 aromatic heterocycles. The van der Waals surface area contributed by atoms with Gasteiger partial charge in [0.1, 0.15) is 17.6 Å². The van der Waals surface area contributed by atoms with Crippen molar-refractivity contribution in [2.45, 2.75) is 31.2 Å². The summed E-state index contributed by atoms with van der Waals surface area (Å²) in [6.07, 6.45) is 1.43. The Balaban J connectivity index is 1.60. The van der Waals surface area contributed by atoms with Crippen LogP contribution < -0.4 is 4.74 Å². The van der Waals surface area contributed by atoms with E-state index in [9.17, 15) is 14.0 Å². The van der Waals surface area contributed by atoms with Crippen molar-refractivity contribution in [1.29, 1.82) is 0 Å². The Labute approximate surface area is 140 Å². The first kappa shape index (κ1) is 15.4. The molecule has 1 aliphatic carbocycles. The molecule has 1 unspecified atom stereocenters. The van der Waals surface area contributed by atoms with Gasteiger partial charge in [-0.2, -0.15) is 0 Å². The second kappa shape index (κ2) is 5.19. The fourth-order valence-corrected chi connectivity index (χ4v) is 4.21. The molecule has 24 heavy (non-hydrogen) atoms. The molecule has 2 heterocycles. The summed E-state index contributed by atoms with van der Waals surface area (Å²) in [5.74, 6) is 0.185. The molecular formula is C18H21FN2O3. The summed E-state index contributed by atoms with van der Waals surface area (Å²) in [5.41, 5.74) is 0.485. The zero-order chi connectivity index (χ0) is 17.1. The van der Waals surface area contributed by atoms with Gasteiger partial charge < -0.3 is 14.5 Å². The highest BCUT2D eigenvalue weighted by molar-refractivity contribution is 5.91. The molecule has 3 aliphatic rings. The van der Waals surface area contributed by atoms with Crippen molar-refractivity contribution in [3.63, 3.8) is 0 Å². The van der Waals surface area contributed by atoms with Crippen LogP contribution in [-0.2, 0) is 15.0 Å². The van der Waals surface area contributed by atoms with E-state index in [0.29, 0.717) is 31.9 Å². The highest BCUT2D eigenvalue weighted by atomic mass is 19.1. The average Bonchev–Trinajstić information content (AvgIpc) is 3.28. The first-order chi connectivity index (χ1) is 11.4. The zero-order valence-electron chi connectivity index (χ0n) is 13.9. The van der Waals surface area contributed by atoms with E-state index in [-0.39, 0.29) is 29.0 Å². The smallest absolute Gasteiger partial charge is 0.244 e. The molecule has 128 valence electrons. The van der Waals surface area contributed by atoms with Crippen LogP contribution in [0.2, 0.25) is 0 Å². The van der Waals surface area contributed by atoms with Crippen LogP contribution in [0.25, 0.3) is 0 Å². The maximum Gasteiger partial charge on any atom is 0.244 e. The maximum atomic E-state index is 13.7. The van der Waals surface area contributed by atoms with Crippen molar-refractivity contribution in [2.75, 3.05) is 26.7 Å². The molecule has 2 fully saturated rings. The van der Waals surface area contributed by atoms with Gasteiger partial charge in [-0.1, -0.05) is 0 Å². The van der Waals surface area contributed by atoms with Crippen molar-refractivity contribution in [3.8, 4) is 5.75 Å². The van der Waals surface area contributed by atoms with Gasteiger partial charge in [-0.15, -0.1) is 0 Å². The number of fused-ring (bicyclic) bond motifs is 2. The summed E-state index contributed by atoms with van der Waals surface area (Å²) in [4.78, 5) is 28.5. The van der Waals surface area contributed by atoms with Crippen LogP contribution in [0.4, 0.5) is 4.39 Å². The van der Waals surface area contributed by atoms with Crippen LogP contribution in [0.3, 0.4) is 0 Å². The van der Waals surface area contributed by atoms with E-state index < -0.39 is 6.04 Å². The van der Waals surface area contributed by atoms with Crippen molar-refractivity contribution >= 4 is 11.8 Å². The van der Waals surface area contributed by atoms with Gasteiger partial charge in [-0.25, -0.2) is 4.39 Å². The minimum Gasteiger partial charge on any atom is -0.493 e. The van der Waals surface area contributed by atoms with E-state index in [0.717, 1.165) is 12.0 Å². The molecule has 6 heteroatoms. The lowest BCUT2D eigenvalue weighted by Crippen LogP contribution is -2.57.